The zero-order valence-corrected chi connectivity index (χ0v) is 14.3. The fourth-order valence-electron chi connectivity index (χ4n) is 2.75. The smallest absolute Gasteiger partial charge is 0.269 e. The Morgan fingerprint density at radius 2 is 2.29 bits per heavy atom. The molecular formula is C14H15Cl2N7O. The van der Waals surface area contributed by atoms with Gasteiger partial charge in [-0.05, 0) is 19.9 Å². The number of aromatic amines is 1. The van der Waals surface area contributed by atoms with Crippen molar-refractivity contribution in [1.82, 2.24) is 30.6 Å². The fraction of sp³-hybridized carbons (Fsp3) is 0.429. The number of H-pyrrole nitrogens is 1. The van der Waals surface area contributed by atoms with E-state index in [0.717, 1.165) is 6.54 Å². The molecule has 8 nitrogen and oxygen atoms in total. The van der Waals surface area contributed by atoms with Gasteiger partial charge in [0.05, 0.1) is 28.3 Å². The van der Waals surface area contributed by atoms with Gasteiger partial charge in [0.25, 0.3) is 5.91 Å². The number of carbonyl (C=O) groups is 1. The Hall–Kier alpha value is -2.08. The number of halogens is 2. The summed E-state index contributed by atoms with van der Waals surface area (Å²) in [6.45, 7) is 3.12. The second kappa shape index (κ2) is 6.81. The Kier molecular flexibility index (Phi) is 4.76. The predicted octanol–water partition coefficient (Wildman–Crippen LogP) is 1.43. The van der Waals surface area contributed by atoms with Crippen LogP contribution in [0.15, 0.2) is 6.20 Å². The molecule has 10 heteroatoms. The summed E-state index contributed by atoms with van der Waals surface area (Å²) in [5, 5.41) is 23.4. The van der Waals surface area contributed by atoms with Crippen molar-refractivity contribution in [2.45, 2.75) is 25.4 Å². The molecule has 0 aliphatic carbocycles. The van der Waals surface area contributed by atoms with E-state index in [1.54, 1.807) is 17.8 Å². The number of amides is 1. The molecule has 24 heavy (non-hydrogen) atoms. The lowest BCUT2D eigenvalue weighted by atomic mass is 10.0. The first kappa shape index (κ1) is 16.8. The molecular weight excluding hydrogens is 353 g/mol. The normalized spacial score (nSPS) is 20.6. The van der Waals surface area contributed by atoms with Gasteiger partial charge < -0.3 is 15.6 Å². The SMILES string of the molecule is Cc1[nH]c(C(=O)N[C@@H]2CCNC[C@@H]2n2cc(C#N)nn2)c(Cl)c1Cl. The zero-order chi connectivity index (χ0) is 17.3. The number of hydrogen-bond donors (Lipinski definition) is 3. The van der Waals surface area contributed by atoms with Gasteiger partial charge in [0.1, 0.15) is 11.8 Å². The third kappa shape index (κ3) is 3.11. The van der Waals surface area contributed by atoms with Gasteiger partial charge in [0, 0.05) is 12.2 Å². The van der Waals surface area contributed by atoms with Crippen molar-refractivity contribution in [3.8, 4) is 6.07 Å². The van der Waals surface area contributed by atoms with E-state index in [0.29, 0.717) is 23.7 Å². The van der Waals surface area contributed by atoms with Gasteiger partial charge in [0.15, 0.2) is 5.69 Å². The maximum absolute atomic E-state index is 12.5. The molecule has 2 aromatic heterocycles. The largest absolute Gasteiger partial charge is 0.352 e. The Balaban J connectivity index is 1.79. The van der Waals surface area contributed by atoms with Gasteiger partial charge in [-0.15, -0.1) is 5.10 Å². The maximum Gasteiger partial charge on any atom is 0.269 e. The van der Waals surface area contributed by atoms with Crippen LogP contribution in [0.2, 0.25) is 10.0 Å². The minimum Gasteiger partial charge on any atom is -0.352 e. The first-order valence-electron chi connectivity index (χ1n) is 7.38. The molecule has 3 rings (SSSR count). The average Bonchev–Trinajstić information content (AvgIpc) is 3.16. The topological polar surface area (TPSA) is 111 Å². The standard InChI is InChI=1S/C14H15Cl2N7O/c1-7-11(15)12(16)13(19-7)14(24)20-9-2-3-18-5-10(9)23-6-8(4-17)21-22-23/h6,9-10,18-19H,2-3,5H2,1H3,(H,20,24)/t9-,10+/m1/s1. The van der Waals surface area contributed by atoms with Crippen LogP contribution in [0.5, 0.6) is 0 Å². The predicted molar refractivity (Wildman–Crippen MR) is 88.1 cm³/mol. The first-order chi connectivity index (χ1) is 11.5. The van der Waals surface area contributed by atoms with Crippen molar-refractivity contribution in [2.75, 3.05) is 13.1 Å². The van der Waals surface area contributed by atoms with Crippen LogP contribution in [0, 0.1) is 18.3 Å². The summed E-state index contributed by atoms with van der Waals surface area (Å²) >= 11 is 12.1. The molecule has 3 N–H and O–H groups in total. The highest BCUT2D eigenvalue weighted by Gasteiger charge is 2.30. The third-order valence-electron chi connectivity index (χ3n) is 4.01. The lowest BCUT2D eigenvalue weighted by molar-refractivity contribution is 0.0905. The molecule has 126 valence electrons. The number of rotatable bonds is 3. The van der Waals surface area contributed by atoms with Crippen molar-refractivity contribution >= 4 is 29.1 Å². The van der Waals surface area contributed by atoms with Gasteiger partial charge in [-0.3, -0.25) is 4.79 Å². The molecule has 1 aliphatic heterocycles. The molecule has 0 spiro atoms. The number of hydrogen-bond acceptors (Lipinski definition) is 5. The number of piperidine rings is 1. The maximum atomic E-state index is 12.5. The molecule has 1 aliphatic rings. The van der Waals surface area contributed by atoms with Crippen LogP contribution < -0.4 is 10.6 Å². The number of aryl methyl sites for hydroxylation is 1. The molecule has 2 atom stereocenters. The van der Waals surface area contributed by atoms with Gasteiger partial charge >= 0.3 is 0 Å². The van der Waals surface area contributed by atoms with E-state index in [-0.39, 0.29) is 34.4 Å². The highest BCUT2D eigenvalue weighted by atomic mass is 35.5. The van der Waals surface area contributed by atoms with Gasteiger partial charge in [0.2, 0.25) is 0 Å². The van der Waals surface area contributed by atoms with Crippen LogP contribution >= 0.6 is 23.2 Å². The van der Waals surface area contributed by atoms with E-state index in [1.807, 2.05) is 6.07 Å². The molecule has 1 fully saturated rings. The summed E-state index contributed by atoms with van der Waals surface area (Å²) in [6.07, 6.45) is 2.28. The van der Waals surface area contributed by atoms with Crippen molar-refractivity contribution in [3.63, 3.8) is 0 Å². The molecule has 0 radical (unpaired) electrons. The van der Waals surface area contributed by atoms with E-state index in [2.05, 4.69) is 25.9 Å². The number of nitrogens with one attached hydrogen (secondary N) is 3. The molecule has 1 saturated heterocycles. The molecule has 2 aromatic rings. The fourth-order valence-corrected chi connectivity index (χ4v) is 3.16. The third-order valence-corrected chi connectivity index (χ3v) is 4.96. The van der Waals surface area contributed by atoms with E-state index in [9.17, 15) is 4.79 Å². The van der Waals surface area contributed by atoms with Crippen LogP contribution in [0.1, 0.15) is 34.3 Å². The highest BCUT2D eigenvalue weighted by Crippen LogP contribution is 2.29. The molecule has 0 saturated carbocycles. The zero-order valence-electron chi connectivity index (χ0n) is 12.8. The number of nitrogens with zero attached hydrogens (tertiary/aromatic N) is 4. The summed E-state index contributed by atoms with van der Waals surface area (Å²) in [6, 6.07) is 1.62. The van der Waals surface area contributed by atoms with Crippen molar-refractivity contribution < 1.29 is 4.79 Å². The van der Waals surface area contributed by atoms with Crippen molar-refractivity contribution in [3.05, 3.63) is 33.3 Å². The van der Waals surface area contributed by atoms with E-state index in [4.69, 9.17) is 28.5 Å². The Morgan fingerprint density at radius 3 is 2.92 bits per heavy atom. The highest BCUT2D eigenvalue weighted by molar-refractivity contribution is 6.44. The lowest BCUT2D eigenvalue weighted by Crippen LogP contribution is -2.50. The molecule has 3 heterocycles. The van der Waals surface area contributed by atoms with Gasteiger partial charge in [-0.1, -0.05) is 28.4 Å². The van der Waals surface area contributed by atoms with E-state index >= 15 is 0 Å². The summed E-state index contributed by atoms with van der Waals surface area (Å²) in [5.74, 6) is -0.326. The monoisotopic (exact) mass is 367 g/mol. The van der Waals surface area contributed by atoms with Crippen LogP contribution in [0.3, 0.4) is 0 Å². The minimum atomic E-state index is -0.326. The Labute approximate surface area is 148 Å². The van der Waals surface area contributed by atoms with Crippen LogP contribution in [-0.4, -0.2) is 45.0 Å². The summed E-state index contributed by atoms with van der Waals surface area (Å²) in [5.41, 5.74) is 1.12. The lowest BCUT2D eigenvalue weighted by Gasteiger charge is -2.32. The van der Waals surface area contributed by atoms with Gasteiger partial charge in [-0.2, -0.15) is 5.26 Å². The van der Waals surface area contributed by atoms with E-state index in [1.165, 1.54) is 0 Å². The second-order valence-electron chi connectivity index (χ2n) is 5.59. The molecule has 0 bridgehead atoms. The number of nitriles is 1. The average molecular weight is 368 g/mol. The van der Waals surface area contributed by atoms with Gasteiger partial charge in [-0.25, -0.2) is 4.68 Å². The van der Waals surface area contributed by atoms with Crippen molar-refractivity contribution in [2.24, 2.45) is 0 Å². The number of carbonyl (C=O) groups excluding carboxylic acids is 1. The quantitative estimate of drug-likeness (QED) is 0.759. The Bertz CT molecular complexity index is 807. The summed E-state index contributed by atoms with van der Waals surface area (Å²) < 4.78 is 1.60. The van der Waals surface area contributed by atoms with Crippen LogP contribution in [-0.2, 0) is 0 Å². The van der Waals surface area contributed by atoms with Crippen LogP contribution in [0.25, 0.3) is 0 Å². The van der Waals surface area contributed by atoms with Crippen molar-refractivity contribution in [1.29, 1.82) is 5.26 Å². The molecule has 0 unspecified atom stereocenters. The molecule has 1 amide bonds. The summed E-state index contributed by atoms with van der Waals surface area (Å²) in [7, 11) is 0. The second-order valence-corrected chi connectivity index (χ2v) is 6.34. The summed E-state index contributed by atoms with van der Waals surface area (Å²) in [4.78, 5) is 15.4. The Morgan fingerprint density at radius 1 is 1.50 bits per heavy atom. The minimum absolute atomic E-state index is 0.150. The first-order valence-corrected chi connectivity index (χ1v) is 8.14. The van der Waals surface area contributed by atoms with E-state index < -0.39 is 0 Å². The van der Waals surface area contributed by atoms with Crippen LogP contribution in [0.4, 0.5) is 0 Å². The molecule has 0 aromatic carbocycles. The number of aromatic nitrogens is 4.